The Hall–Kier alpha value is -1.74. The van der Waals surface area contributed by atoms with Crippen LogP contribution in [0, 0.1) is 35.5 Å². The van der Waals surface area contributed by atoms with Gasteiger partial charge in [-0.1, -0.05) is 75.2 Å². The van der Waals surface area contributed by atoms with Gasteiger partial charge in [0, 0.05) is 0 Å². The van der Waals surface area contributed by atoms with Crippen LogP contribution in [0.15, 0.2) is 36.0 Å². The molecule has 0 bridgehead atoms. The second kappa shape index (κ2) is 16.0. The van der Waals surface area contributed by atoms with E-state index in [1.807, 2.05) is 6.08 Å². The summed E-state index contributed by atoms with van der Waals surface area (Å²) in [6, 6.07) is 0. The van der Waals surface area contributed by atoms with E-state index >= 15 is 0 Å². The van der Waals surface area contributed by atoms with Crippen LogP contribution in [0.1, 0.15) is 106 Å². The zero-order valence-corrected chi connectivity index (χ0v) is 21.9. The summed E-state index contributed by atoms with van der Waals surface area (Å²) in [5.41, 5.74) is 0.267. The van der Waals surface area contributed by atoms with Crippen LogP contribution in [0.3, 0.4) is 0 Å². The van der Waals surface area contributed by atoms with Gasteiger partial charge in [-0.25, -0.2) is 0 Å². The van der Waals surface area contributed by atoms with Gasteiger partial charge in [-0.15, -0.1) is 6.58 Å². The van der Waals surface area contributed by atoms with E-state index in [0.717, 1.165) is 38.0 Å². The molecule has 0 aromatic rings. The van der Waals surface area contributed by atoms with E-state index in [-0.39, 0.29) is 0 Å². The van der Waals surface area contributed by atoms with Crippen molar-refractivity contribution < 1.29 is 10.2 Å². The first-order valence-electron chi connectivity index (χ1n) is 12.3. The monoisotopic (exact) mass is 440 g/mol. The maximum Gasteiger partial charge on any atom is 0.142 e. The van der Waals surface area contributed by atoms with Gasteiger partial charge in [-0.3, -0.25) is 0 Å². The van der Waals surface area contributed by atoms with Crippen LogP contribution >= 0.6 is 0 Å². The summed E-state index contributed by atoms with van der Waals surface area (Å²) in [5.74, 6) is 12.4. The highest BCUT2D eigenvalue weighted by molar-refractivity contribution is 5.34. The number of aliphatic hydroxyl groups is 2. The van der Waals surface area contributed by atoms with Crippen molar-refractivity contribution >= 4 is 0 Å². The summed E-state index contributed by atoms with van der Waals surface area (Å²) in [6.45, 7) is 18.3. The van der Waals surface area contributed by atoms with Gasteiger partial charge < -0.3 is 10.2 Å². The first kappa shape index (κ1) is 30.3. The highest BCUT2D eigenvalue weighted by Crippen LogP contribution is 2.17. The Labute approximate surface area is 199 Å². The summed E-state index contributed by atoms with van der Waals surface area (Å²) in [6.07, 6.45) is 15.2. The van der Waals surface area contributed by atoms with Gasteiger partial charge in [0.1, 0.15) is 11.2 Å². The molecular formula is C30H48O2. The molecule has 0 saturated heterocycles. The quantitative estimate of drug-likeness (QED) is 0.218. The molecule has 0 rings (SSSR count). The van der Waals surface area contributed by atoms with Crippen molar-refractivity contribution in [3.05, 3.63) is 36.0 Å². The molecule has 0 aromatic heterocycles. The molecule has 180 valence electrons. The number of rotatable bonds is 14. The van der Waals surface area contributed by atoms with E-state index in [1.165, 1.54) is 30.4 Å². The van der Waals surface area contributed by atoms with Gasteiger partial charge in [0.05, 0.1) is 0 Å². The molecule has 0 aromatic carbocycles. The van der Waals surface area contributed by atoms with Crippen LogP contribution < -0.4 is 0 Å². The molecule has 0 amide bonds. The fraction of sp³-hybridized carbons (Fsp3) is 0.667. The summed E-state index contributed by atoms with van der Waals surface area (Å²) in [4.78, 5) is 0. The first-order valence-corrected chi connectivity index (χ1v) is 12.3. The Bertz CT molecular complexity index is 726. The smallest absolute Gasteiger partial charge is 0.142 e. The van der Waals surface area contributed by atoms with Gasteiger partial charge in [-0.05, 0) is 96.0 Å². The fourth-order valence-corrected chi connectivity index (χ4v) is 3.32. The second-order valence-corrected chi connectivity index (χ2v) is 10.4. The van der Waals surface area contributed by atoms with Crippen LogP contribution in [-0.4, -0.2) is 21.4 Å². The van der Waals surface area contributed by atoms with Crippen LogP contribution in [-0.2, 0) is 0 Å². The number of allylic oxidation sites excluding steroid dienone is 4. The van der Waals surface area contributed by atoms with Gasteiger partial charge in [0.25, 0.3) is 0 Å². The van der Waals surface area contributed by atoms with Crippen molar-refractivity contribution in [1.29, 1.82) is 0 Å². The lowest BCUT2D eigenvalue weighted by Gasteiger charge is -2.14. The standard InChI is InChI=1S/C30H48O2/c1-25(2)15-11-17-27(5)19-13-23-29(7,31)21-9-10-22-30(8,32)24-14-20-28(6)18-12-16-26(3)4/h14,19,24,26,28,31-32H,1,11-13,15-18,20,23H2,2-8H3. The van der Waals surface area contributed by atoms with E-state index in [0.29, 0.717) is 12.3 Å². The topological polar surface area (TPSA) is 40.5 Å². The van der Waals surface area contributed by atoms with Crippen molar-refractivity contribution in [3.8, 4) is 23.7 Å². The van der Waals surface area contributed by atoms with Crippen molar-refractivity contribution in [3.63, 3.8) is 0 Å². The third-order valence-electron chi connectivity index (χ3n) is 5.47. The maximum atomic E-state index is 10.5. The van der Waals surface area contributed by atoms with Gasteiger partial charge in [0.2, 0.25) is 0 Å². The molecular weight excluding hydrogens is 392 g/mol. The minimum atomic E-state index is -1.21. The Morgan fingerprint density at radius 1 is 0.969 bits per heavy atom. The highest BCUT2D eigenvalue weighted by atomic mass is 16.3. The maximum absolute atomic E-state index is 10.5. The molecule has 0 radical (unpaired) electrons. The lowest BCUT2D eigenvalue weighted by Crippen LogP contribution is -2.21. The lowest BCUT2D eigenvalue weighted by molar-refractivity contribution is 0.113. The normalized spacial score (nSPS) is 16.5. The second-order valence-electron chi connectivity index (χ2n) is 10.4. The van der Waals surface area contributed by atoms with Crippen LogP contribution in [0.2, 0.25) is 0 Å². The number of hydrogen-bond acceptors (Lipinski definition) is 2. The van der Waals surface area contributed by atoms with E-state index in [2.05, 4.69) is 71.0 Å². The van der Waals surface area contributed by atoms with Crippen LogP contribution in [0.5, 0.6) is 0 Å². The summed E-state index contributed by atoms with van der Waals surface area (Å²) < 4.78 is 0. The Morgan fingerprint density at radius 3 is 2.25 bits per heavy atom. The van der Waals surface area contributed by atoms with Crippen LogP contribution in [0.4, 0.5) is 0 Å². The Kier molecular flexibility index (Phi) is 15.1. The molecule has 3 atom stereocenters. The SMILES string of the molecule is C=C(C)CCCC(C)=CCCC(C)(O)C#CC#CC(C)(O)C=CCC(C)CCCC(C)C. The average Bonchev–Trinajstić information content (AvgIpc) is 2.64. The molecule has 3 unspecified atom stereocenters. The van der Waals surface area contributed by atoms with Crippen molar-refractivity contribution in [2.75, 3.05) is 0 Å². The molecule has 2 heteroatoms. The molecule has 0 saturated carbocycles. The molecule has 0 heterocycles. The Balaban J connectivity index is 4.51. The Morgan fingerprint density at radius 2 is 1.62 bits per heavy atom. The van der Waals surface area contributed by atoms with Crippen LogP contribution in [0.25, 0.3) is 0 Å². The number of hydrogen-bond donors (Lipinski definition) is 2. The molecule has 2 nitrogen and oxygen atoms in total. The predicted octanol–water partition coefficient (Wildman–Crippen LogP) is 7.38. The van der Waals surface area contributed by atoms with Crippen molar-refractivity contribution in [2.24, 2.45) is 11.8 Å². The van der Waals surface area contributed by atoms with Crippen molar-refractivity contribution in [1.82, 2.24) is 0 Å². The predicted molar refractivity (Wildman–Crippen MR) is 140 cm³/mol. The molecule has 0 aliphatic rings. The summed E-state index contributed by atoms with van der Waals surface area (Å²) in [7, 11) is 0. The molecule has 2 N–H and O–H groups in total. The van der Waals surface area contributed by atoms with E-state index in [1.54, 1.807) is 19.9 Å². The van der Waals surface area contributed by atoms with Gasteiger partial charge in [0.15, 0.2) is 0 Å². The first-order chi connectivity index (χ1) is 14.8. The molecule has 0 aliphatic carbocycles. The third kappa shape index (κ3) is 19.0. The van der Waals surface area contributed by atoms with Gasteiger partial charge in [-0.2, -0.15) is 0 Å². The minimum absolute atomic E-state index is 0.560. The van der Waals surface area contributed by atoms with Gasteiger partial charge >= 0.3 is 0 Å². The summed E-state index contributed by atoms with van der Waals surface area (Å²) in [5, 5.41) is 20.9. The molecule has 0 fully saturated rings. The minimum Gasteiger partial charge on any atom is -0.378 e. The third-order valence-corrected chi connectivity index (χ3v) is 5.47. The molecule has 32 heavy (non-hydrogen) atoms. The zero-order chi connectivity index (χ0) is 24.6. The highest BCUT2D eigenvalue weighted by Gasteiger charge is 2.15. The van der Waals surface area contributed by atoms with E-state index in [4.69, 9.17) is 0 Å². The fourth-order valence-electron chi connectivity index (χ4n) is 3.32. The zero-order valence-electron chi connectivity index (χ0n) is 21.9. The largest absolute Gasteiger partial charge is 0.378 e. The average molecular weight is 441 g/mol. The van der Waals surface area contributed by atoms with Crippen molar-refractivity contribution in [2.45, 2.75) is 117 Å². The van der Waals surface area contributed by atoms with E-state index < -0.39 is 11.2 Å². The van der Waals surface area contributed by atoms with E-state index in [9.17, 15) is 10.2 Å². The molecule has 0 spiro atoms. The summed E-state index contributed by atoms with van der Waals surface area (Å²) >= 11 is 0. The molecule has 0 aliphatic heterocycles. The lowest BCUT2D eigenvalue weighted by atomic mass is 9.96.